The first-order valence-electron chi connectivity index (χ1n) is 6.19. The van der Waals surface area contributed by atoms with E-state index in [1.807, 2.05) is 31.3 Å². The molecule has 2 aromatic rings. The molecule has 19 heavy (non-hydrogen) atoms. The first kappa shape index (κ1) is 14.8. The van der Waals surface area contributed by atoms with Crippen molar-refractivity contribution >= 4 is 34.5 Å². The molecule has 102 valence electrons. The lowest BCUT2D eigenvalue weighted by Crippen LogP contribution is -2.19. The number of aromatic nitrogens is 1. The van der Waals surface area contributed by atoms with Gasteiger partial charge in [-0.25, -0.2) is 4.98 Å². The van der Waals surface area contributed by atoms with Crippen LogP contribution in [0.3, 0.4) is 0 Å². The second-order valence-electron chi connectivity index (χ2n) is 4.36. The minimum absolute atomic E-state index is 0.275. The zero-order valence-corrected chi connectivity index (χ0v) is 13.2. The number of halogens is 2. The molecule has 0 saturated carbocycles. The van der Waals surface area contributed by atoms with Crippen molar-refractivity contribution < 1.29 is 0 Å². The molecule has 1 aromatic heterocycles. The number of nitrogens with one attached hydrogen (secondary N) is 1. The van der Waals surface area contributed by atoms with E-state index in [0.29, 0.717) is 10.0 Å². The van der Waals surface area contributed by atoms with Gasteiger partial charge in [0.2, 0.25) is 0 Å². The molecular formula is C14H16Cl2N2S. The van der Waals surface area contributed by atoms with Gasteiger partial charge in [-0.15, -0.1) is 11.3 Å². The third kappa shape index (κ3) is 3.93. The van der Waals surface area contributed by atoms with Crippen LogP contribution < -0.4 is 5.32 Å². The van der Waals surface area contributed by atoms with Crippen LogP contribution in [0.15, 0.2) is 24.4 Å². The highest BCUT2D eigenvalue weighted by Gasteiger charge is 2.11. The molecule has 1 atom stereocenters. The van der Waals surface area contributed by atoms with E-state index in [4.69, 9.17) is 23.2 Å². The third-order valence-electron chi connectivity index (χ3n) is 2.95. The van der Waals surface area contributed by atoms with Crippen LogP contribution in [0.5, 0.6) is 0 Å². The Morgan fingerprint density at radius 2 is 2.11 bits per heavy atom. The number of rotatable bonds is 5. The lowest BCUT2D eigenvalue weighted by molar-refractivity contribution is 0.522. The highest BCUT2D eigenvalue weighted by molar-refractivity contribution is 7.11. The maximum Gasteiger partial charge on any atom is 0.0897 e. The Kier molecular flexibility index (Phi) is 5.22. The molecule has 1 heterocycles. The normalized spacial score (nSPS) is 12.6. The Morgan fingerprint density at radius 1 is 1.32 bits per heavy atom. The fourth-order valence-electron chi connectivity index (χ4n) is 1.94. The number of hydrogen-bond donors (Lipinski definition) is 1. The predicted molar refractivity (Wildman–Crippen MR) is 83.2 cm³/mol. The minimum Gasteiger partial charge on any atom is -0.305 e. The number of thiazole rings is 1. The van der Waals surface area contributed by atoms with Gasteiger partial charge in [0, 0.05) is 23.7 Å². The predicted octanol–water partition coefficient (Wildman–Crippen LogP) is 5.00. The van der Waals surface area contributed by atoms with Gasteiger partial charge in [0.1, 0.15) is 0 Å². The minimum atomic E-state index is 0.275. The summed E-state index contributed by atoms with van der Waals surface area (Å²) in [5, 5.41) is 5.83. The summed E-state index contributed by atoms with van der Waals surface area (Å²) in [4.78, 5) is 5.51. The van der Waals surface area contributed by atoms with Gasteiger partial charge in [0.05, 0.1) is 15.1 Å². The van der Waals surface area contributed by atoms with Crippen LogP contribution in [0.1, 0.15) is 34.8 Å². The van der Waals surface area contributed by atoms with Crippen molar-refractivity contribution in [2.24, 2.45) is 0 Å². The maximum atomic E-state index is 6.07. The van der Waals surface area contributed by atoms with Gasteiger partial charge in [0.15, 0.2) is 0 Å². The summed E-state index contributed by atoms with van der Waals surface area (Å²) in [6.45, 7) is 4.99. The van der Waals surface area contributed by atoms with E-state index in [0.717, 1.165) is 23.5 Å². The molecule has 0 amide bonds. The van der Waals surface area contributed by atoms with Crippen molar-refractivity contribution in [1.82, 2.24) is 10.3 Å². The van der Waals surface area contributed by atoms with Crippen LogP contribution in [0.2, 0.25) is 10.0 Å². The monoisotopic (exact) mass is 314 g/mol. The molecule has 2 rings (SSSR count). The highest BCUT2D eigenvalue weighted by Crippen LogP contribution is 2.27. The van der Waals surface area contributed by atoms with E-state index < -0.39 is 0 Å². The molecule has 1 aromatic carbocycles. The fraction of sp³-hybridized carbons (Fsp3) is 0.357. The van der Waals surface area contributed by atoms with Gasteiger partial charge in [-0.3, -0.25) is 0 Å². The molecule has 0 aliphatic heterocycles. The van der Waals surface area contributed by atoms with E-state index in [1.54, 1.807) is 11.3 Å². The van der Waals surface area contributed by atoms with Crippen molar-refractivity contribution in [2.45, 2.75) is 32.9 Å². The molecular weight excluding hydrogens is 299 g/mol. The SMILES string of the molecule is CCC(NCc1cnc(C)s1)c1ccc(Cl)c(Cl)c1. The van der Waals surface area contributed by atoms with Crippen molar-refractivity contribution in [2.75, 3.05) is 0 Å². The van der Waals surface area contributed by atoms with Crippen molar-refractivity contribution in [3.63, 3.8) is 0 Å². The van der Waals surface area contributed by atoms with Crippen LogP contribution in [0, 0.1) is 6.92 Å². The number of nitrogens with zero attached hydrogens (tertiary/aromatic N) is 1. The summed E-state index contributed by atoms with van der Waals surface area (Å²) in [7, 11) is 0. The largest absolute Gasteiger partial charge is 0.305 e. The first-order chi connectivity index (χ1) is 9.10. The summed E-state index contributed by atoms with van der Waals surface area (Å²) in [6, 6.07) is 6.08. The Bertz CT molecular complexity index is 554. The number of aryl methyl sites for hydroxylation is 1. The lowest BCUT2D eigenvalue weighted by Gasteiger charge is -2.17. The third-order valence-corrected chi connectivity index (χ3v) is 4.60. The summed E-state index contributed by atoms with van der Waals surface area (Å²) in [5.74, 6) is 0. The maximum absolute atomic E-state index is 6.07. The zero-order valence-electron chi connectivity index (χ0n) is 10.9. The summed E-state index contributed by atoms with van der Waals surface area (Å²) in [5.41, 5.74) is 1.16. The Labute approximate surface area is 127 Å². The molecule has 0 aliphatic rings. The number of benzene rings is 1. The average Bonchev–Trinajstić information content (AvgIpc) is 2.80. The van der Waals surface area contributed by atoms with Gasteiger partial charge in [-0.05, 0) is 31.0 Å². The molecule has 1 N–H and O–H groups in total. The number of hydrogen-bond acceptors (Lipinski definition) is 3. The lowest BCUT2D eigenvalue weighted by atomic mass is 10.0. The van der Waals surface area contributed by atoms with E-state index in [9.17, 15) is 0 Å². The van der Waals surface area contributed by atoms with Crippen LogP contribution in [-0.2, 0) is 6.54 Å². The second-order valence-corrected chi connectivity index (χ2v) is 6.49. The molecule has 0 saturated heterocycles. The topological polar surface area (TPSA) is 24.9 Å². The van der Waals surface area contributed by atoms with Crippen LogP contribution in [0.25, 0.3) is 0 Å². The Balaban J connectivity index is 2.05. The summed E-state index contributed by atoms with van der Waals surface area (Å²) in [6.07, 6.45) is 2.92. The summed E-state index contributed by atoms with van der Waals surface area (Å²) >= 11 is 13.7. The quantitative estimate of drug-likeness (QED) is 0.840. The van der Waals surface area contributed by atoms with Gasteiger partial charge >= 0.3 is 0 Å². The average molecular weight is 315 g/mol. The second kappa shape index (κ2) is 6.71. The molecule has 0 bridgehead atoms. The molecule has 0 spiro atoms. The smallest absolute Gasteiger partial charge is 0.0897 e. The zero-order chi connectivity index (χ0) is 13.8. The Hall–Kier alpha value is -0.610. The van der Waals surface area contributed by atoms with E-state index in [2.05, 4.69) is 17.2 Å². The van der Waals surface area contributed by atoms with Crippen molar-refractivity contribution in [1.29, 1.82) is 0 Å². The molecule has 5 heteroatoms. The molecule has 0 aliphatic carbocycles. The standard InChI is InChI=1S/C14H16Cl2N2S/c1-3-14(10-4-5-12(15)13(16)6-10)18-8-11-7-17-9(2)19-11/h4-7,14,18H,3,8H2,1-2H3. The van der Waals surface area contributed by atoms with Gasteiger partial charge in [-0.2, -0.15) is 0 Å². The Morgan fingerprint density at radius 3 is 2.68 bits per heavy atom. The molecule has 1 unspecified atom stereocenters. The summed E-state index contributed by atoms with van der Waals surface area (Å²) < 4.78 is 0. The van der Waals surface area contributed by atoms with E-state index in [1.165, 1.54) is 4.88 Å². The highest BCUT2D eigenvalue weighted by atomic mass is 35.5. The fourth-order valence-corrected chi connectivity index (χ4v) is 2.99. The van der Waals surface area contributed by atoms with Crippen LogP contribution >= 0.6 is 34.5 Å². The van der Waals surface area contributed by atoms with Gasteiger partial charge < -0.3 is 5.32 Å². The molecule has 0 fully saturated rings. The van der Waals surface area contributed by atoms with Crippen LogP contribution in [0.4, 0.5) is 0 Å². The van der Waals surface area contributed by atoms with Gasteiger partial charge in [-0.1, -0.05) is 36.2 Å². The van der Waals surface area contributed by atoms with Gasteiger partial charge in [0.25, 0.3) is 0 Å². The van der Waals surface area contributed by atoms with E-state index in [-0.39, 0.29) is 6.04 Å². The van der Waals surface area contributed by atoms with Crippen LogP contribution in [-0.4, -0.2) is 4.98 Å². The molecule has 2 nitrogen and oxygen atoms in total. The van der Waals surface area contributed by atoms with Crippen molar-refractivity contribution in [3.8, 4) is 0 Å². The van der Waals surface area contributed by atoms with E-state index >= 15 is 0 Å². The van der Waals surface area contributed by atoms with Crippen molar-refractivity contribution in [3.05, 3.63) is 49.9 Å². The first-order valence-corrected chi connectivity index (χ1v) is 7.77. The molecule has 0 radical (unpaired) electrons.